The Kier molecular flexibility index (Phi) is 6.17. The number of hydrogen-bond donors (Lipinski definition) is 0. The zero-order valence-electron chi connectivity index (χ0n) is 16.8. The van der Waals surface area contributed by atoms with E-state index in [-0.39, 0.29) is 12.9 Å². The Bertz CT molecular complexity index is 918. The summed E-state index contributed by atoms with van der Waals surface area (Å²) in [5.41, 5.74) is 2.06. The smallest absolute Gasteiger partial charge is 0.415 e. The molecule has 2 aromatic carbocycles. The lowest BCUT2D eigenvalue weighted by Gasteiger charge is -2.27. The molecule has 1 unspecified atom stereocenters. The Hall–Kier alpha value is -3.08. The number of nitrogens with zero attached hydrogens (tertiary/aromatic N) is 2. The summed E-state index contributed by atoms with van der Waals surface area (Å²) in [6.07, 6.45) is 1.70. The number of anilines is 1. The summed E-state index contributed by atoms with van der Waals surface area (Å²) in [5.74, 6) is 0.696. The predicted molar refractivity (Wildman–Crippen MR) is 109 cm³/mol. The zero-order chi connectivity index (χ0) is 20.9. The minimum atomic E-state index is -0.509. The third-order valence-corrected chi connectivity index (χ3v) is 5.37. The number of carbonyl (C=O) groups is 1. The predicted octanol–water partition coefficient (Wildman–Crippen LogP) is 4.18. The summed E-state index contributed by atoms with van der Waals surface area (Å²) < 4.78 is 22.7. The van der Waals surface area contributed by atoms with Gasteiger partial charge in [0, 0.05) is 12.3 Å². The number of carbonyl (C=O) groups excluding carboxylic acids is 1. The van der Waals surface area contributed by atoms with Gasteiger partial charge in [0.1, 0.15) is 11.8 Å². The van der Waals surface area contributed by atoms with E-state index in [1.165, 1.54) is 0 Å². The van der Waals surface area contributed by atoms with Crippen molar-refractivity contribution < 1.29 is 23.7 Å². The van der Waals surface area contributed by atoms with Gasteiger partial charge in [-0.25, -0.2) is 4.79 Å². The molecule has 2 heterocycles. The van der Waals surface area contributed by atoms with Gasteiger partial charge in [-0.15, -0.1) is 0 Å². The Morgan fingerprint density at radius 2 is 2.03 bits per heavy atom. The largest absolute Gasteiger partial charge is 0.497 e. The van der Waals surface area contributed by atoms with Crippen LogP contribution in [0.5, 0.6) is 5.75 Å². The molecule has 0 radical (unpaired) electrons. The van der Waals surface area contributed by atoms with Gasteiger partial charge in [-0.2, -0.15) is 5.26 Å². The quantitative estimate of drug-likeness (QED) is 0.713. The van der Waals surface area contributed by atoms with Crippen LogP contribution in [0.15, 0.2) is 48.5 Å². The number of nitriles is 1. The normalized spacial score (nSPS) is 23.7. The lowest BCUT2D eigenvalue weighted by molar-refractivity contribution is -0.174. The van der Waals surface area contributed by atoms with Gasteiger partial charge in [-0.3, -0.25) is 4.90 Å². The maximum Gasteiger partial charge on any atom is 0.415 e. The highest BCUT2D eigenvalue weighted by Crippen LogP contribution is 2.39. The fraction of sp³-hybridized carbons (Fsp3) is 0.391. The summed E-state index contributed by atoms with van der Waals surface area (Å²) in [6, 6.07) is 16.1. The molecule has 156 valence electrons. The number of ether oxygens (including phenoxy) is 4. The van der Waals surface area contributed by atoms with Crippen LogP contribution in [-0.4, -0.2) is 38.8 Å². The minimum Gasteiger partial charge on any atom is -0.497 e. The van der Waals surface area contributed by atoms with Gasteiger partial charge < -0.3 is 18.9 Å². The molecule has 3 atom stereocenters. The molecule has 2 aliphatic heterocycles. The molecule has 2 aromatic rings. The summed E-state index contributed by atoms with van der Waals surface area (Å²) >= 11 is 0. The van der Waals surface area contributed by atoms with Crippen LogP contribution in [0.25, 0.3) is 0 Å². The third-order valence-electron chi connectivity index (χ3n) is 5.37. The molecule has 0 saturated carbocycles. The second-order valence-electron chi connectivity index (χ2n) is 7.30. The first-order valence-corrected chi connectivity index (χ1v) is 10.1. The monoisotopic (exact) mass is 408 g/mol. The SMILES string of the molecule is COc1cccc([C@H]2[C@H](COC3CCCCO3)OC(=O)N2c2ccc(C#N)cc2)c1. The fourth-order valence-electron chi connectivity index (χ4n) is 3.85. The van der Waals surface area contributed by atoms with E-state index in [0.717, 1.165) is 24.8 Å². The van der Waals surface area contributed by atoms with Crippen LogP contribution in [0, 0.1) is 11.3 Å². The van der Waals surface area contributed by atoms with Crippen LogP contribution >= 0.6 is 0 Å². The molecule has 0 aromatic heterocycles. The van der Waals surface area contributed by atoms with E-state index in [1.807, 2.05) is 24.3 Å². The molecule has 1 amide bonds. The first kappa shape index (κ1) is 20.2. The van der Waals surface area contributed by atoms with E-state index in [2.05, 4.69) is 6.07 Å². The molecule has 2 aliphatic rings. The van der Waals surface area contributed by atoms with Crippen LogP contribution in [0.3, 0.4) is 0 Å². The van der Waals surface area contributed by atoms with E-state index in [4.69, 9.17) is 24.2 Å². The van der Waals surface area contributed by atoms with Gasteiger partial charge in [-0.05, 0) is 61.2 Å². The molecule has 0 N–H and O–H groups in total. The first-order valence-electron chi connectivity index (χ1n) is 10.1. The van der Waals surface area contributed by atoms with E-state index >= 15 is 0 Å². The molecule has 30 heavy (non-hydrogen) atoms. The van der Waals surface area contributed by atoms with Gasteiger partial charge in [0.05, 0.1) is 25.3 Å². The summed E-state index contributed by atoms with van der Waals surface area (Å²) in [6.45, 7) is 0.914. The number of benzene rings is 2. The molecule has 7 nitrogen and oxygen atoms in total. The Balaban J connectivity index is 1.63. The average Bonchev–Trinajstić information content (AvgIpc) is 3.14. The number of rotatable bonds is 6. The molecule has 0 aliphatic carbocycles. The maximum atomic E-state index is 12.8. The number of amides is 1. The second-order valence-corrected chi connectivity index (χ2v) is 7.30. The van der Waals surface area contributed by atoms with Crippen LogP contribution < -0.4 is 9.64 Å². The Morgan fingerprint density at radius 3 is 2.73 bits per heavy atom. The summed E-state index contributed by atoms with van der Waals surface area (Å²) in [5, 5.41) is 9.07. The number of hydrogen-bond acceptors (Lipinski definition) is 6. The Labute approximate surface area is 175 Å². The van der Waals surface area contributed by atoms with Crippen molar-refractivity contribution >= 4 is 11.8 Å². The van der Waals surface area contributed by atoms with Crippen molar-refractivity contribution in [1.82, 2.24) is 0 Å². The summed E-state index contributed by atoms with van der Waals surface area (Å²) in [4.78, 5) is 14.5. The highest BCUT2D eigenvalue weighted by molar-refractivity contribution is 5.91. The highest BCUT2D eigenvalue weighted by atomic mass is 16.7. The highest BCUT2D eigenvalue weighted by Gasteiger charge is 2.44. The number of cyclic esters (lactones) is 1. The van der Waals surface area contributed by atoms with Crippen LogP contribution in [0.2, 0.25) is 0 Å². The van der Waals surface area contributed by atoms with E-state index in [0.29, 0.717) is 23.6 Å². The van der Waals surface area contributed by atoms with Crippen molar-refractivity contribution in [3.05, 3.63) is 59.7 Å². The van der Waals surface area contributed by atoms with Crippen molar-refractivity contribution in [2.75, 3.05) is 25.2 Å². The molecule has 7 heteroatoms. The Morgan fingerprint density at radius 1 is 1.20 bits per heavy atom. The molecule has 2 saturated heterocycles. The lowest BCUT2D eigenvalue weighted by atomic mass is 10.00. The van der Waals surface area contributed by atoms with Crippen LogP contribution in [0.4, 0.5) is 10.5 Å². The molecular weight excluding hydrogens is 384 g/mol. The van der Waals surface area contributed by atoms with Gasteiger partial charge in [-0.1, -0.05) is 12.1 Å². The molecule has 2 fully saturated rings. The molecule has 0 bridgehead atoms. The van der Waals surface area contributed by atoms with Crippen molar-refractivity contribution in [3.8, 4) is 11.8 Å². The zero-order valence-corrected chi connectivity index (χ0v) is 16.8. The van der Waals surface area contributed by atoms with E-state index < -0.39 is 18.2 Å². The minimum absolute atomic E-state index is 0.227. The van der Waals surface area contributed by atoms with Crippen molar-refractivity contribution in [1.29, 1.82) is 5.26 Å². The van der Waals surface area contributed by atoms with Crippen LogP contribution in [-0.2, 0) is 14.2 Å². The third kappa shape index (κ3) is 4.25. The molecular formula is C23H24N2O5. The van der Waals surface area contributed by atoms with Crippen molar-refractivity contribution in [2.45, 2.75) is 37.7 Å². The topological polar surface area (TPSA) is 81.0 Å². The van der Waals surface area contributed by atoms with Gasteiger partial charge in [0.15, 0.2) is 12.4 Å². The second kappa shape index (κ2) is 9.16. The summed E-state index contributed by atoms with van der Waals surface area (Å²) in [7, 11) is 1.61. The first-order chi connectivity index (χ1) is 14.7. The average molecular weight is 408 g/mol. The van der Waals surface area contributed by atoms with Gasteiger partial charge >= 0.3 is 6.09 Å². The number of methoxy groups -OCH3 is 1. The lowest BCUT2D eigenvalue weighted by Crippen LogP contribution is -2.33. The molecule has 0 spiro atoms. The maximum absolute atomic E-state index is 12.8. The van der Waals surface area contributed by atoms with Crippen LogP contribution in [0.1, 0.15) is 36.4 Å². The molecule has 4 rings (SSSR count). The standard InChI is InChI=1S/C23H24N2O5/c1-27-19-6-4-5-17(13-19)22-20(15-29-21-7-2-3-12-28-21)30-23(26)25(22)18-10-8-16(14-24)9-11-18/h4-6,8-11,13,20-22H,2-3,7,12,15H2,1H3/t20-,21?,22-/m0/s1. The van der Waals surface area contributed by atoms with Gasteiger partial charge in [0.25, 0.3) is 0 Å². The van der Waals surface area contributed by atoms with Crippen molar-refractivity contribution in [2.24, 2.45) is 0 Å². The van der Waals surface area contributed by atoms with E-state index in [1.54, 1.807) is 36.3 Å². The van der Waals surface area contributed by atoms with Crippen molar-refractivity contribution in [3.63, 3.8) is 0 Å². The van der Waals surface area contributed by atoms with E-state index in [9.17, 15) is 4.79 Å². The van der Waals surface area contributed by atoms with Gasteiger partial charge in [0.2, 0.25) is 0 Å². The fourth-order valence-corrected chi connectivity index (χ4v) is 3.85.